The Morgan fingerprint density at radius 1 is 1.10 bits per heavy atom. The molecule has 3 amide bonds. The molecule has 0 aliphatic carbocycles. The van der Waals surface area contributed by atoms with Gasteiger partial charge in [-0.1, -0.05) is 12.1 Å². The van der Waals surface area contributed by atoms with Gasteiger partial charge in [0.2, 0.25) is 5.91 Å². The number of urea groups is 1. The van der Waals surface area contributed by atoms with Crippen molar-refractivity contribution in [3.05, 3.63) is 53.8 Å². The van der Waals surface area contributed by atoms with Gasteiger partial charge >= 0.3 is 6.03 Å². The number of carbonyl (C=O) groups excluding carboxylic acids is 2. The first-order valence-corrected chi connectivity index (χ1v) is 9.31. The number of rotatable bonds is 8. The number of hydrogen-bond acceptors (Lipinski definition) is 4. The molecule has 1 heterocycles. The SMILES string of the molecule is COc1ccc(OC)c(N2CCN(CC(=O)NCCc3ccc(F)cc3)C2=O)c1. The fourth-order valence-electron chi connectivity index (χ4n) is 3.19. The lowest BCUT2D eigenvalue weighted by Gasteiger charge is -2.21. The lowest BCUT2D eigenvalue weighted by molar-refractivity contribution is -0.121. The van der Waals surface area contributed by atoms with Crippen molar-refractivity contribution in [1.29, 1.82) is 0 Å². The van der Waals surface area contributed by atoms with Gasteiger partial charge in [0.25, 0.3) is 0 Å². The highest BCUT2D eigenvalue weighted by molar-refractivity contribution is 5.97. The molecule has 1 fully saturated rings. The molecule has 29 heavy (non-hydrogen) atoms. The molecule has 0 spiro atoms. The lowest BCUT2D eigenvalue weighted by atomic mass is 10.1. The van der Waals surface area contributed by atoms with Gasteiger partial charge in [0, 0.05) is 25.7 Å². The topological polar surface area (TPSA) is 71.1 Å². The van der Waals surface area contributed by atoms with Gasteiger partial charge < -0.3 is 19.7 Å². The minimum Gasteiger partial charge on any atom is -0.497 e. The molecule has 0 aromatic heterocycles. The zero-order valence-electron chi connectivity index (χ0n) is 16.5. The number of benzene rings is 2. The smallest absolute Gasteiger partial charge is 0.325 e. The summed E-state index contributed by atoms with van der Waals surface area (Å²) in [5, 5.41) is 2.80. The Morgan fingerprint density at radius 2 is 1.86 bits per heavy atom. The Labute approximate surface area is 169 Å². The number of methoxy groups -OCH3 is 2. The van der Waals surface area contributed by atoms with Crippen LogP contribution in [0.3, 0.4) is 0 Å². The molecule has 0 radical (unpaired) electrons. The second-order valence-electron chi connectivity index (χ2n) is 6.62. The molecular formula is C21H24FN3O4. The number of ether oxygens (including phenoxy) is 2. The van der Waals surface area contributed by atoms with Gasteiger partial charge in [-0.25, -0.2) is 9.18 Å². The highest BCUT2D eigenvalue weighted by Gasteiger charge is 2.32. The summed E-state index contributed by atoms with van der Waals surface area (Å²) in [5.41, 5.74) is 1.54. The molecular weight excluding hydrogens is 377 g/mol. The number of amides is 3. The molecule has 7 nitrogen and oxygen atoms in total. The maximum Gasteiger partial charge on any atom is 0.325 e. The third kappa shape index (κ3) is 4.96. The minimum absolute atomic E-state index is 0.0228. The van der Waals surface area contributed by atoms with Crippen LogP contribution in [0.4, 0.5) is 14.9 Å². The monoisotopic (exact) mass is 401 g/mol. The van der Waals surface area contributed by atoms with Gasteiger partial charge in [0.1, 0.15) is 23.9 Å². The molecule has 3 rings (SSSR count). The van der Waals surface area contributed by atoms with Crippen molar-refractivity contribution in [3.63, 3.8) is 0 Å². The van der Waals surface area contributed by atoms with E-state index >= 15 is 0 Å². The molecule has 1 aliphatic rings. The van der Waals surface area contributed by atoms with E-state index in [1.807, 2.05) is 0 Å². The largest absolute Gasteiger partial charge is 0.497 e. The van der Waals surface area contributed by atoms with Crippen LogP contribution in [-0.2, 0) is 11.2 Å². The van der Waals surface area contributed by atoms with Crippen LogP contribution in [-0.4, -0.2) is 57.2 Å². The Balaban J connectivity index is 1.54. The summed E-state index contributed by atoms with van der Waals surface area (Å²) in [6.45, 7) is 1.28. The predicted octanol–water partition coefficient (Wildman–Crippen LogP) is 2.44. The standard InChI is InChI=1S/C21H24FN3O4/c1-28-17-7-8-19(29-2)18(13-17)25-12-11-24(21(25)27)14-20(26)23-10-9-15-3-5-16(22)6-4-15/h3-8,13H,9-12,14H2,1-2H3,(H,23,26). The van der Waals surface area contributed by atoms with Crippen LogP contribution >= 0.6 is 0 Å². The number of carbonyl (C=O) groups is 2. The maximum absolute atomic E-state index is 12.9. The van der Waals surface area contributed by atoms with E-state index in [9.17, 15) is 14.0 Å². The third-order valence-electron chi connectivity index (χ3n) is 4.76. The van der Waals surface area contributed by atoms with E-state index in [4.69, 9.17) is 9.47 Å². The Morgan fingerprint density at radius 3 is 2.55 bits per heavy atom. The minimum atomic E-state index is -0.289. The molecule has 8 heteroatoms. The lowest BCUT2D eigenvalue weighted by Crippen LogP contribution is -2.40. The summed E-state index contributed by atoms with van der Waals surface area (Å²) in [4.78, 5) is 28.1. The Kier molecular flexibility index (Phi) is 6.54. The van der Waals surface area contributed by atoms with Crippen molar-refractivity contribution in [2.24, 2.45) is 0 Å². The summed E-state index contributed by atoms with van der Waals surface area (Å²) in [7, 11) is 3.10. The molecule has 2 aromatic rings. The molecule has 0 bridgehead atoms. The molecule has 0 saturated carbocycles. The number of anilines is 1. The van der Waals surface area contributed by atoms with E-state index in [0.29, 0.717) is 43.2 Å². The zero-order chi connectivity index (χ0) is 20.8. The van der Waals surface area contributed by atoms with Crippen molar-refractivity contribution in [3.8, 4) is 11.5 Å². The van der Waals surface area contributed by atoms with Gasteiger partial charge in [0.15, 0.2) is 0 Å². The molecule has 0 atom stereocenters. The quantitative estimate of drug-likeness (QED) is 0.738. The van der Waals surface area contributed by atoms with Crippen LogP contribution in [0.2, 0.25) is 0 Å². The normalized spacial score (nSPS) is 13.6. The summed E-state index contributed by atoms with van der Waals surface area (Å²) >= 11 is 0. The second kappa shape index (κ2) is 9.27. The van der Waals surface area contributed by atoms with Gasteiger partial charge in [0.05, 0.1) is 19.9 Å². The van der Waals surface area contributed by atoms with Gasteiger partial charge in [-0.2, -0.15) is 0 Å². The number of hydrogen-bond donors (Lipinski definition) is 1. The first kappa shape index (κ1) is 20.4. The summed E-state index contributed by atoms with van der Waals surface area (Å²) < 4.78 is 23.5. The van der Waals surface area contributed by atoms with Crippen LogP contribution in [0.25, 0.3) is 0 Å². The van der Waals surface area contributed by atoms with Crippen molar-refractivity contribution in [2.75, 3.05) is 45.3 Å². The fourth-order valence-corrected chi connectivity index (χ4v) is 3.19. The molecule has 0 unspecified atom stereocenters. The molecule has 2 aromatic carbocycles. The van der Waals surface area contributed by atoms with Crippen molar-refractivity contribution >= 4 is 17.6 Å². The van der Waals surface area contributed by atoms with E-state index in [2.05, 4.69) is 5.32 Å². The van der Waals surface area contributed by atoms with Crippen molar-refractivity contribution < 1.29 is 23.5 Å². The number of halogens is 1. The van der Waals surface area contributed by atoms with Gasteiger partial charge in [-0.3, -0.25) is 9.69 Å². The highest BCUT2D eigenvalue weighted by Crippen LogP contribution is 2.34. The van der Waals surface area contributed by atoms with Crippen molar-refractivity contribution in [2.45, 2.75) is 6.42 Å². The van der Waals surface area contributed by atoms with E-state index in [-0.39, 0.29) is 24.3 Å². The summed E-state index contributed by atoms with van der Waals surface area (Å²) in [5.74, 6) is 0.651. The second-order valence-corrected chi connectivity index (χ2v) is 6.62. The first-order valence-electron chi connectivity index (χ1n) is 9.31. The highest BCUT2D eigenvalue weighted by atomic mass is 19.1. The van der Waals surface area contributed by atoms with E-state index in [1.165, 1.54) is 24.1 Å². The van der Waals surface area contributed by atoms with Crippen LogP contribution < -0.4 is 19.7 Å². The fraction of sp³-hybridized carbons (Fsp3) is 0.333. The molecule has 1 N–H and O–H groups in total. The van der Waals surface area contributed by atoms with E-state index in [1.54, 1.807) is 42.3 Å². The average Bonchev–Trinajstić information content (AvgIpc) is 3.09. The van der Waals surface area contributed by atoms with Crippen LogP contribution in [0.1, 0.15) is 5.56 Å². The molecule has 1 saturated heterocycles. The van der Waals surface area contributed by atoms with Crippen LogP contribution in [0, 0.1) is 5.82 Å². The third-order valence-corrected chi connectivity index (χ3v) is 4.76. The summed E-state index contributed by atoms with van der Waals surface area (Å²) in [6, 6.07) is 11.1. The van der Waals surface area contributed by atoms with Gasteiger partial charge in [-0.15, -0.1) is 0 Å². The number of nitrogens with zero attached hydrogens (tertiary/aromatic N) is 2. The number of nitrogens with one attached hydrogen (secondary N) is 1. The Bertz CT molecular complexity index is 873. The van der Waals surface area contributed by atoms with E-state index in [0.717, 1.165) is 5.56 Å². The summed E-state index contributed by atoms with van der Waals surface area (Å²) in [6.07, 6.45) is 0.590. The maximum atomic E-state index is 12.9. The Hall–Kier alpha value is -3.29. The average molecular weight is 401 g/mol. The van der Waals surface area contributed by atoms with E-state index < -0.39 is 0 Å². The molecule has 1 aliphatic heterocycles. The van der Waals surface area contributed by atoms with Crippen LogP contribution in [0.15, 0.2) is 42.5 Å². The molecule has 154 valence electrons. The first-order chi connectivity index (χ1) is 14.0. The van der Waals surface area contributed by atoms with Gasteiger partial charge in [-0.05, 0) is 36.2 Å². The predicted molar refractivity (Wildman–Crippen MR) is 107 cm³/mol. The van der Waals surface area contributed by atoms with Crippen molar-refractivity contribution in [1.82, 2.24) is 10.2 Å². The van der Waals surface area contributed by atoms with Crippen LogP contribution in [0.5, 0.6) is 11.5 Å². The zero-order valence-corrected chi connectivity index (χ0v) is 16.5.